The molecule has 0 amide bonds. The minimum atomic E-state index is 0.803. The van der Waals surface area contributed by atoms with Gasteiger partial charge in [0.15, 0.2) is 0 Å². The van der Waals surface area contributed by atoms with Gasteiger partial charge in [0, 0.05) is 21.9 Å². The number of furan rings is 1. The van der Waals surface area contributed by atoms with E-state index in [0.29, 0.717) is 0 Å². The van der Waals surface area contributed by atoms with Crippen LogP contribution in [0.3, 0.4) is 0 Å². The Labute approximate surface area is 87.1 Å². The topological polar surface area (TPSA) is 39.2 Å². The number of anilines is 1. The van der Waals surface area contributed by atoms with Crippen molar-refractivity contribution in [1.82, 2.24) is 0 Å². The third-order valence-corrected chi connectivity index (χ3v) is 2.95. The lowest BCUT2D eigenvalue weighted by Crippen LogP contribution is -1.82. The van der Waals surface area contributed by atoms with E-state index >= 15 is 0 Å². The zero-order valence-electron chi connectivity index (χ0n) is 7.64. The molecule has 0 atom stereocenters. The van der Waals surface area contributed by atoms with Gasteiger partial charge < -0.3 is 10.2 Å². The maximum absolute atomic E-state index is 5.59. The van der Waals surface area contributed by atoms with E-state index in [9.17, 15) is 0 Å². The quantitative estimate of drug-likeness (QED) is 0.618. The van der Waals surface area contributed by atoms with Crippen LogP contribution in [-0.4, -0.2) is 0 Å². The van der Waals surface area contributed by atoms with E-state index in [-0.39, 0.29) is 0 Å². The maximum Gasteiger partial charge on any atom is 0.0943 e. The number of nitrogens with two attached hydrogens (primary N) is 1. The van der Waals surface area contributed by atoms with E-state index in [2.05, 4.69) is 0 Å². The lowest BCUT2D eigenvalue weighted by molar-refractivity contribution is 0.565. The summed E-state index contributed by atoms with van der Waals surface area (Å²) >= 11 is 1.77. The van der Waals surface area contributed by atoms with Crippen molar-refractivity contribution in [1.29, 1.82) is 0 Å². The standard InChI is InChI=1S/C11H11NOS/c12-10-1-3-11(4-2-10)14-8-9-5-6-13-7-9/h1-7H,8,12H2. The summed E-state index contributed by atoms with van der Waals surface area (Å²) in [5.41, 5.74) is 7.60. The highest BCUT2D eigenvalue weighted by molar-refractivity contribution is 7.98. The molecule has 2 nitrogen and oxygen atoms in total. The second-order valence-corrected chi connectivity index (χ2v) is 4.04. The van der Waals surface area contributed by atoms with E-state index in [4.69, 9.17) is 10.2 Å². The van der Waals surface area contributed by atoms with Crippen LogP contribution in [0.5, 0.6) is 0 Å². The number of thioether (sulfide) groups is 1. The molecule has 1 aromatic heterocycles. The molecule has 0 aliphatic carbocycles. The molecule has 2 rings (SSSR count). The van der Waals surface area contributed by atoms with Gasteiger partial charge in [0.25, 0.3) is 0 Å². The van der Waals surface area contributed by atoms with Gasteiger partial charge in [0.2, 0.25) is 0 Å². The van der Waals surface area contributed by atoms with Gasteiger partial charge in [-0.15, -0.1) is 11.8 Å². The van der Waals surface area contributed by atoms with Crippen LogP contribution in [0.15, 0.2) is 52.2 Å². The van der Waals surface area contributed by atoms with E-state index in [1.54, 1.807) is 24.3 Å². The molecule has 2 N–H and O–H groups in total. The summed E-state index contributed by atoms with van der Waals surface area (Å²) in [6.07, 6.45) is 3.46. The fourth-order valence-electron chi connectivity index (χ4n) is 1.11. The van der Waals surface area contributed by atoms with Crippen LogP contribution in [0.2, 0.25) is 0 Å². The van der Waals surface area contributed by atoms with Gasteiger partial charge in [-0.2, -0.15) is 0 Å². The average molecular weight is 205 g/mol. The lowest BCUT2D eigenvalue weighted by atomic mass is 10.3. The Morgan fingerprint density at radius 1 is 1.14 bits per heavy atom. The lowest BCUT2D eigenvalue weighted by Gasteiger charge is -1.99. The molecule has 1 heterocycles. The van der Waals surface area contributed by atoms with Crippen LogP contribution in [0, 0.1) is 0 Å². The summed E-state index contributed by atoms with van der Waals surface area (Å²) in [5.74, 6) is 0.931. The molecule has 0 aliphatic heterocycles. The highest BCUT2D eigenvalue weighted by Gasteiger charge is 1.96. The van der Waals surface area contributed by atoms with Crippen molar-refractivity contribution in [2.24, 2.45) is 0 Å². The molecule has 0 saturated heterocycles. The SMILES string of the molecule is Nc1ccc(SCc2ccoc2)cc1. The zero-order chi connectivity index (χ0) is 9.80. The van der Waals surface area contributed by atoms with E-state index < -0.39 is 0 Å². The van der Waals surface area contributed by atoms with Crippen LogP contribution < -0.4 is 5.73 Å². The first-order valence-corrected chi connectivity index (χ1v) is 5.32. The molecule has 0 fully saturated rings. The van der Waals surface area contributed by atoms with Crippen molar-refractivity contribution in [3.8, 4) is 0 Å². The number of nitrogen functional groups attached to an aromatic ring is 1. The highest BCUT2D eigenvalue weighted by Crippen LogP contribution is 2.23. The predicted octanol–water partition coefficient (Wildman–Crippen LogP) is 3.15. The molecular formula is C11H11NOS. The fourth-order valence-corrected chi connectivity index (χ4v) is 1.93. The molecule has 72 valence electrons. The molecule has 0 saturated carbocycles. The zero-order valence-corrected chi connectivity index (χ0v) is 8.46. The Morgan fingerprint density at radius 3 is 2.57 bits per heavy atom. The number of hydrogen-bond acceptors (Lipinski definition) is 3. The summed E-state index contributed by atoms with van der Waals surface area (Å²) in [4.78, 5) is 1.22. The van der Waals surface area contributed by atoms with Gasteiger partial charge in [-0.25, -0.2) is 0 Å². The van der Waals surface area contributed by atoms with Crippen LogP contribution in [-0.2, 0) is 5.75 Å². The van der Waals surface area contributed by atoms with Crippen LogP contribution in [0.1, 0.15) is 5.56 Å². The molecule has 0 aliphatic rings. The monoisotopic (exact) mass is 205 g/mol. The molecule has 0 bridgehead atoms. The normalized spacial score (nSPS) is 10.3. The first kappa shape index (κ1) is 9.21. The predicted molar refractivity (Wildman–Crippen MR) is 59.1 cm³/mol. The highest BCUT2D eigenvalue weighted by atomic mass is 32.2. The van der Waals surface area contributed by atoms with Gasteiger partial charge >= 0.3 is 0 Å². The minimum Gasteiger partial charge on any atom is -0.472 e. The largest absolute Gasteiger partial charge is 0.472 e. The van der Waals surface area contributed by atoms with E-state index in [1.807, 2.05) is 30.3 Å². The van der Waals surface area contributed by atoms with Gasteiger partial charge in [-0.05, 0) is 30.3 Å². The first-order valence-electron chi connectivity index (χ1n) is 4.34. The van der Waals surface area contributed by atoms with Crippen molar-refractivity contribution in [2.45, 2.75) is 10.6 Å². The molecule has 0 spiro atoms. The van der Waals surface area contributed by atoms with Gasteiger partial charge in [-0.3, -0.25) is 0 Å². The third kappa shape index (κ3) is 2.33. The molecule has 1 aromatic carbocycles. The maximum atomic E-state index is 5.59. The molecule has 0 unspecified atom stereocenters. The van der Waals surface area contributed by atoms with Crippen LogP contribution in [0.25, 0.3) is 0 Å². The second-order valence-electron chi connectivity index (χ2n) is 2.99. The van der Waals surface area contributed by atoms with Crippen molar-refractivity contribution < 1.29 is 4.42 Å². The Kier molecular flexibility index (Phi) is 2.79. The van der Waals surface area contributed by atoms with Crippen molar-refractivity contribution in [3.05, 3.63) is 48.4 Å². The molecule has 14 heavy (non-hydrogen) atoms. The molecule has 0 radical (unpaired) electrons. The van der Waals surface area contributed by atoms with Crippen LogP contribution in [0.4, 0.5) is 5.69 Å². The van der Waals surface area contributed by atoms with Crippen molar-refractivity contribution in [2.75, 3.05) is 5.73 Å². The van der Waals surface area contributed by atoms with Gasteiger partial charge in [0.05, 0.1) is 12.5 Å². The summed E-state index contributed by atoms with van der Waals surface area (Å²) in [6, 6.07) is 9.86. The van der Waals surface area contributed by atoms with Crippen molar-refractivity contribution >= 4 is 17.4 Å². The number of rotatable bonds is 3. The van der Waals surface area contributed by atoms with E-state index in [0.717, 1.165) is 11.4 Å². The smallest absolute Gasteiger partial charge is 0.0943 e. The molecule has 2 aromatic rings. The number of benzene rings is 1. The first-order chi connectivity index (χ1) is 6.84. The molecule has 3 heteroatoms. The van der Waals surface area contributed by atoms with Gasteiger partial charge in [0.1, 0.15) is 0 Å². The van der Waals surface area contributed by atoms with E-state index in [1.165, 1.54) is 10.5 Å². The fraction of sp³-hybridized carbons (Fsp3) is 0.0909. The Hall–Kier alpha value is -1.35. The summed E-state index contributed by atoms with van der Waals surface area (Å²) in [7, 11) is 0. The Morgan fingerprint density at radius 2 is 1.93 bits per heavy atom. The average Bonchev–Trinajstić information content (AvgIpc) is 2.70. The summed E-state index contributed by atoms with van der Waals surface area (Å²) in [6.45, 7) is 0. The minimum absolute atomic E-state index is 0.803. The van der Waals surface area contributed by atoms with Crippen LogP contribution >= 0.6 is 11.8 Å². The van der Waals surface area contributed by atoms with Gasteiger partial charge in [-0.1, -0.05) is 0 Å². The molecular weight excluding hydrogens is 194 g/mol. The summed E-state index contributed by atoms with van der Waals surface area (Å²) in [5, 5.41) is 0. The third-order valence-electron chi connectivity index (χ3n) is 1.87. The Balaban J connectivity index is 1.95. The Bertz CT molecular complexity index is 380. The number of hydrogen-bond donors (Lipinski definition) is 1. The second kappa shape index (κ2) is 4.24. The summed E-state index contributed by atoms with van der Waals surface area (Å²) < 4.78 is 4.99. The van der Waals surface area contributed by atoms with Crippen molar-refractivity contribution in [3.63, 3.8) is 0 Å².